The van der Waals surface area contributed by atoms with Gasteiger partial charge in [-0.25, -0.2) is 13.4 Å². The van der Waals surface area contributed by atoms with E-state index in [1.807, 2.05) is 19.1 Å². The first-order valence-corrected chi connectivity index (χ1v) is 14.5. The van der Waals surface area contributed by atoms with Crippen molar-refractivity contribution in [2.45, 2.75) is 37.3 Å². The van der Waals surface area contributed by atoms with E-state index < -0.39 is 10.0 Å². The summed E-state index contributed by atoms with van der Waals surface area (Å²) in [6.07, 6.45) is 3.23. The fraction of sp³-hybridized carbons (Fsp3) is 0.333. The number of benzene rings is 2. The van der Waals surface area contributed by atoms with Crippen LogP contribution >= 0.6 is 11.3 Å². The number of aryl methyl sites for hydroxylation is 1. The number of sulfonamides is 1. The average Bonchev–Trinajstić information content (AvgIpc) is 3.70. The quantitative estimate of drug-likeness (QED) is 0.291. The molecule has 0 saturated carbocycles. The number of anilines is 1. The lowest BCUT2D eigenvalue weighted by atomic mass is 10.2. The number of hydrogen-bond donors (Lipinski definition) is 0. The van der Waals surface area contributed by atoms with E-state index in [-0.39, 0.29) is 23.5 Å². The van der Waals surface area contributed by atoms with Gasteiger partial charge in [-0.3, -0.25) is 9.69 Å². The molecule has 2 aromatic carbocycles. The Morgan fingerprint density at radius 3 is 2.63 bits per heavy atom. The molecule has 38 heavy (non-hydrogen) atoms. The number of rotatable bonds is 9. The van der Waals surface area contributed by atoms with Gasteiger partial charge in [0.15, 0.2) is 5.13 Å². The zero-order valence-electron chi connectivity index (χ0n) is 21.4. The molecule has 1 saturated heterocycles. The highest BCUT2D eigenvalue weighted by atomic mass is 32.2. The Hall–Kier alpha value is -3.25. The van der Waals surface area contributed by atoms with Crippen molar-refractivity contribution in [3.05, 3.63) is 71.7 Å². The molecule has 1 aliphatic rings. The van der Waals surface area contributed by atoms with Crippen LogP contribution in [-0.4, -0.2) is 57.0 Å². The normalized spacial score (nSPS) is 15.8. The van der Waals surface area contributed by atoms with Gasteiger partial charge in [-0.15, -0.1) is 0 Å². The Morgan fingerprint density at radius 1 is 1.18 bits per heavy atom. The predicted octanol–water partition coefficient (Wildman–Crippen LogP) is 4.85. The number of fused-ring (bicyclic) bond motifs is 1. The topological polar surface area (TPSA) is 102 Å². The maximum Gasteiger partial charge on any atom is 0.260 e. The summed E-state index contributed by atoms with van der Waals surface area (Å²) in [7, 11) is -0.591. The Balaban J connectivity index is 1.44. The first-order valence-electron chi connectivity index (χ1n) is 12.2. The zero-order valence-corrected chi connectivity index (χ0v) is 23.0. The largest absolute Gasteiger partial charge is 0.494 e. The number of hydrogen-bond acceptors (Lipinski definition) is 8. The molecule has 1 fully saturated rings. The second-order valence-electron chi connectivity index (χ2n) is 9.17. The van der Waals surface area contributed by atoms with Crippen LogP contribution in [0.15, 0.2) is 64.1 Å². The van der Waals surface area contributed by atoms with Gasteiger partial charge in [0.25, 0.3) is 5.91 Å². The number of nitrogens with zero attached hydrogens (tertiary/aromatic N) is 3. The average molecular weight is 556 g/mol. The van der Waals surface area contributed by atoms with Gasteiger partial charge in [0, 0.05) is 25.8 Å². The number of furan rings is 1. The molecule has 0 bridgehead atoms. The minimum absolute atomic E-state index is 0.0955. The van der Waals surface area contributed by atoms with Gasteiger partial charge in [0.2, 0.25) is 10.0 Å². The van der Waals surface area contributed by atoms with Crippen LogP contribution in [0.5, 0.6) is 5.75 Å². The highest BCUT2D eigenvalue weighted by Gasteiger charge is 2.28. The van der Waals surface area contributed by atoms with Crippen LogP contribution in [0.4, 0.5) is 5.13 Å². The summed E-state index contributed by atoms with van der Waals surface area (Å²) in [6, 6.07) is 13.4. The highest BCUT2D eigenvalue weighted by molar-refractivity contribution is 7.89. The Bertz CT molecular complexity index is 1530. The first-order chi connectivity index (χ1) is 18.3. The molecule has 1 atom stereocenters. The van der Waals surface area contributed by atoms with Gasteiger partial charge < -0.3 is 13.9 Å². The summed E-state index contributed by atoms with van der Waals surface area (Å²) in [4.78, 5) is 20.2. The van der Waals surface area contributed by atoms with E-state index in [1.165, 1.54) is 44.8 Å². The molecule has 9 nitrogen and oxygen atoms in total. The van der Waals surface area contributed by atoms with E-state index in [0.717, 1.165) is 23.1 Å². The molecule has 2 aromatic heterocycles. The number of likely N-dealkylation sites (N-methyl/N-ethyl adjacent to an activating group) is 1. The molecular formula is C27H29N3O6S2. The summed E-state index contributed by atoms with van der Waals surface area (Å²) in [5.74, 6) is 0.894. The predicted molar refractivity (Wildman–Crippen MR) is 145 cm³/mol. The SMILES string of the molecule is COc1ccc(C)c2sc(N(Cc3ccco3)C(=O)c3ccc(S(=O)(=O)N(C)CC4CCCO4)cc3)nc12. The minimum Gasteiger partial charge on any atom is -0.494 e. The summed E-state index contributed by atoms with van der Waals surface area (Å²) < 4.78 is 45.0. The number of carbonyl (C=O) groups excluding carboxylic acids is 1. The third-order valence-electron chi connectivity index (χ3n) is 6.58. The van der Waals surface area contributed by atoms with Crippen molar-refractivity contribution in [3.8, 4) is 5.75 Å². The van der Waals surface area contributed by atoms with E-state index in [0.29, 0.717) is 40.9 Å². The number of methoxy groups -OCH3 is 1. The third-order valence-corrected chi connectivity index (χ3v) is 9.63. The van der Waals surface area contributed by atoms with E-state index in [9.17, 15) is 13.2 Å². The maximum atomic E-state index is 13.8. The van der Waals surface area contributed by atoms with Crippen molar-refractivity contribution in [1.29, 1.82) is 0 Å². The van der Waals surface area contributed by atoms with E-state index >= 15 is 0 Å². The molecule has 200 valence electrons. The zero-order chi connectivity index (χ0) is 26.9. The van der Waals surface area contributed by atoms with Crippen molar-refractivity contribution >= 4 is 42.6 Å². The van der Waals surface area contributed by atoms with Crippen molar-refractivity contribution in [1.82, 2.24) is 9.29 Å². The molecule has 11 heteroatoms. The summed E-state index contributed by atoms with van der Waals surface area (Å²) >= 11 is 1.39. The monoisotopic (exact) mass is 555 g/mol. The van der Waals surface area contributed by atoms with Crippen LogP contribution in [0, 0.1) is 6.92 Å². The molecule has 5 rings (SSSR count). The van der Waals surface area contributed by atoms with Gasteiger partial charge in [-0.1, -0.05) is 17.4 Å². The Labute approximate surface area is 225 Å². The molecule has 1 aliphatic heterocycles. The molecule has 0 aliphatic carbocycles. The lowest BCUT2D eigenvalue weighted by molar-refractivity contribution is 0.0978. The Morgan fingerprint density at radius 2 is 1.97 bits per heavy atom. The summed E-state index contributed by atoms with van der Waals surface area (Å²) in [6.45, 7) is 3.10. The van der Waals surface area contributed by atoms with Crippen molar-refractivity contribution in [2.75, 3.05) is 32.2 Å². The lowest BCUT2D eigenvalue weighted by Gasteiger charge is -2.21. The van der Waals surface area contributed by atoms with Crippen molar-refractivity contribution < 1.29 is 27.1 Å². The van der Waals surface area contributed by atoms with E-state index in [1.54, 1.807) is 32.6 Å². The van der Waals surface area contributed by atoms with Gasteiger partial charge in [0.05, 0.1) is 35.6 Å². The third kappa shape index (κ3) is 5.19. The number of thiazole rings is 1. The smallest absolute Gasteiger partial charge is 0.260 e. The molecule has 1 amide bonds. The van der Waals surface area contributed by atoms with E-state index in [4.69, 9.17) is 18.9 Å². The molecular weight excluding hydrogens is 526 g/mol. The van der Waals surface area contributed by atoms with Gasteiger partial charge in [-0.05, 0) is 67.8 Å². The number of aromatic nitrogens is 1. The maximum absolute atomic E-state index is 13.8. The van der Waals surface area contributed by atoms with Crippen LogP contribution in [0.2, 0.25) is 0 Å². The van der Waals surface area contributed by atoms with Crippen molar-refractivity contribution in [3.63, 3.8) is 0 Å². The number of carbonyl (C=O) groups is 1. The van der Waals surface area contributed by atoms with Gasteiger partial charge >= 0.3 is 0 Å². The number of amides is 1. The second kappa shape index (κ2) is 10.9. The first kappa shape index (κ1) is 26.4. The van der Waals surface area contributed by atoms with Crippen LogP contribution in [-0.2, 0) is 21.3 Å². The van der Waals surface area contributed by atoms with Crippen LogP contribution < -0.4 is 9.64 Å². The minimum atomic E-state index is -3.72. The van der Waals surface area contributed by atoms with Gasteiger partial charge in [0.1, 0.15) is 17.0 Å². The molecule has 3 heterocycles. The lowest BCUT2D eigenvalue weighted by Crippen LogP contribution is -2.34. The highest BCUT2D eigenvalue weighted by Crippen LogP contribution is 2.37. The Kier molecular flexibility index (Phi) is 7.53. The standard InChI is InChI=1S/C27H29N3O6S2/c1-18-8-13-23(34-3)24-25(18)37-27(28-24)30(17-21-7-5-15-36-21)26(31)19-9-11-22(12-10-19)38(32,33)29(2)16-20-6-4-14-35-20/h5,7-13,15,20H,4,6,14,16-17H2,1-3H3. The molecule has 0 N–H and O–H groups in total. The summed E-state index contributed by atoms with van der Waals surface area (Å²) in [5, 5.41) is 0.488. The van der Waals surface area contributed by atoms with Crippen LogP contribution in [0.3, 0.4) is 0 Å². The number of ether oxygens (including phenoxy) is 2. The molecule has 0 spiro atoms. The molecule has 4 aromatic rings. The van der Waals surface area contributed by atoms with Crippen LogP contribution in [0.1, 0.15) is 34.5 Å². The van der Waals surface area contributed by atoms with Crippen molar-refractivity contribution in [2.24, 2.45) is 0 Å². The molecule has 1 unspecified atom stereocenters. The fourth-order valence-electron chi connectivity index (χ4n) is 4.44. The van der Waals surface area contributed by atoms with Crippen LogP contribution in [0.25, 0.3) is 10.2 Å². The summed E-state index contributed by atoms with van der Waals surface area (Å²) in [5.41, 5.74) is 2.04. The van der Waals surface area contributed by atoms with E-state index in [2.05, 4.69) is 0 Å². The second-order valence-corrected chi connectivity index (χ2v) is 12.2. The molecule has 0 radical (unpaired) electrons. The fourth-order valence-corrected chi connectivity index (χ4v) is 6.69. The van der Waals surface area contributed by atoms with Gasteiger partial charge in [-0.2, -0.15) is 4.31 Å².